The number of likely N-dealkylation sites (tertiary alicyclic amines) is 1. The Hall–Kier alpha value is -2.54. The van der Waals surface area contributed by atoms with Gasteiger partial charge in [-0.15, -0.1) is 0 Å². The molecule has 1 atom stereocenters. The van der Waals surface area contributed by atoms with Gasteiger partial charge in [-0.05, 0) is 30.7 Å². The summed E-state index contributed by atoms with van der Waals surface area (Å²) in [7, 11) is 2.03. The molecule has 2 aromatic rings. The third kappa shape index (κ3) is 3.67. The second kappa shape index (κ2) is 6.99. The fourth-order valence-corrected chi connectivity index (χ4v) is 4.12. The molecule has 1 fully saturated rings. The van der Waals surface area contributed by atoms with Crippen molar-refractivity contribution in [1.29, 1.82) is 0 Å². The van der Waals surface area contributed by atoms with Crippen molar-refractivity contribution in [3.8, 4) is 5.75 Å². The zero-order valence-corrected chi connectivity index (χ0v) is 15.8. The number of anilines is 1. The van der Waals surface area contributed by atoms with Crippen molar-refractivity contribution in [3.05, 3.63) is 42.3 Å². The number of rotatable bonds is 4. The van der Waals surface area contributed by atoms with Crippen molar-refractivity contribution in [3.63, 3.8) is 0 Å². The van der Waals surface area contributed by atoms with Crippen LogP contribution in [0.3, 0.4) is 0 Å². The van der Waals surface area contributed by atoms with Gasteiger partial charge in [0.05, 0.1) is 10.2 Å². The number of hydrogen-bond acceptors (Lipinski definition) is 6. The lowest BCUT2D eigenvalue weighted by atomic mass is 10.3. The zero-order valence-electron chi connectivity index (χ0n) is 14.9. The summed E-state index contributed by atoms with van der Waals surface area (Å²) >= 11 is 1.62. The van der Waals surface area contributed by atoms with E-state index in [0.717, 1.165) is 52.9 Å². The van der Waals surface area contributed by atoms with Gasteiger partial charge in [-0.25, -0.2) is 4.98 Å². The van der Waals surface area contributed by atoms with E-state index in [4.69, 9.17) is 4.74 Å². The van der Waals surface area contributed by atoms with E-state index >= 15 is 0 Å². The first kappa shape index (κ1) is 16.9. The lowest BCUT2D eigenvalue weighted by Crippen LogP contribution is -2.29. The fourth-order valence-electron chi connectivity index (χ4n) is 3.14. The highest BCUT2D eigenvalue weighted by atomic mass is 32.1. The largest absolute Gasteiger partial charge is 0.458 e. The summed E-state index contributed by atoms with van der Waals surface area (Å²) in [6.07, 6.45) is 6.99. The number of amides is 1. The summed E-state index contributed by atoms with van der Waals surface area (Å²) in [6, 6.07) is 6.24. The third-order valence-electron chi connectivity index (χ3n) is 4.63. The van der Waals surface area contributed by atoms with Gasteiger partial charge in [0.2, 0.25) is 5.91 Å². The van der Waals surface area contributed by atoms with Crippen LogP contribution in [-0.2, 0) is 4.79 Å². The summed E-state index contributed by atoms with van der Waals surface area (Å²) in [5, 5.41) is 4.36. The van der Waals surface area contributed by atoms with Gasteiger partial charge in [0.25, 0.3) is 0 Å². The maximum absolute atomic E-state index is 11.5. The van der Waals surface area contributed by atoms with Gasteiger partial charge in [-0.3, -0.25) is 4.79 Å². The molecule has 1 saturated heterocycles. The van der Waals surface area contributed by atoms with Crippen LogP contribution in [-0.4, -0.2) is 53.4 Å². The minimum Gasteiger partial charge on any atom is -0.458 e. The highest BCUT2D eigenvalue weighted by Crippen LogP contribution is 2.31. The smallest absolute Gasteiger partial charge is 0.219 e. The number of fused-ring (bicyclic) bond motifs is 1. The van der Waals surface area contributed by atoms with Crippen LogP contribution >= 0.6 is 11.3 Å². The molecule has 1 aromatic carbocycles. The van der Waals surface area contributed by atoms with Crippen molar-refractivity contribution < 1.29 is 9.53 Å². The molecular weight excluding hydrogens is 348 g/mol. The molecule has 0 unspecified atom stereocenters. The van der Waals surface area contributed by atoms with E-state index in [-0.39, 0.29) is 11.9 Å². The van der Waals surface area contributed by atoms with Gasteiger partial charge in [0.15, 0.2) is 5.13 Å². The van der Waals surface area contributed by atoms with Crippen LogP contribution < -0.4 is 10.1 Å². The molecule has 1 N–H and O–H groups in total. The maximum Gasteiger partial charge on any atom is 0.219 e. The Balaban J connectivity index is 1.44. The molecule has 4 rings (SSSR count). The Bertz CT molecular complexity index is 889. The number of likely N-dealkylation sites (N-methyl/N-ethyl adjacent to an activating group) is 1. The topological polar surface area (TPSA) is 57.7 Å². The number of thiazole rings is 1. The number of carbonyl (C=O) groups excluding carboxylic acids is 1. The number of hydrogen-bond donors (Lipinski definition) is 1. The van der Waals surface area contributed by atoms with Crippen molar-refractivity contribution in [2.75, 3.05) is 32.0 Å². The quantitative estimate of drug-likeness (QED) is 0.896. The molecule has 2 aliphatic heterocycles. The van der Waals surface area contributed by atoms with E-state index in [9.17, 15) is 4.79 Å². The number of nitrogens with one attached hydrogen (secondary N) is 1. The standard InChI is InChI=1S/C19H22N4O2S/c1-13(24)23-10-5-14(12-23)20-19-21-17-4-3-16(11-18(17)26-19)25-15-6-8-22(2)9-7-15/h3-4,6-8,11,14H,5,9-10,12H2,1-2H3,(H,20,21)/t14-/m1/s1. The van der Waals surface area contributed by atoms with Crippen LogP contribution in [0.5, 0.6) is 5.75 Å². The number of nitrogens with zero attached hydrogens (tertiary/aromatic N) is 3. The summed E-state index contributed by atoms with van der Waals surface area (Å²) in [5.74, 6) is 1.81. The predicted molar refractivity (Wildman–Crippen MR) is 104 cm³/mol. The second-order valence-electron chi connectivity index (χ2n) is 6.71. The third-order valence-corrected chi connectivity index (χ3v) is 5.58. The SMILES string of the molecule is CC(=O)N1CC[C@@H](Nc2nc3ccc(OC4=CCN(C)C=C4)cc3s2)C1. The van der Waals surface area contributed by atoms with Gasteiger partial charge >= 0.3 is 0 Å². The van der Waals surface area contributed by atoms with Gasteiger partial charge in [0.1, 0.15) is 11.5 Å². The molecule has 6 nitrogen and oxygen atoms in total. The molecule has 0 aliphatic carbocycles. The van der Waals surface area contributed by atoms with Crippen LogP contribution in [0.4, 0.5) is 5.13 Å². The lowest BCUT2D eigenvalue weighted by Gasteiger charge is -2.17. The van der Waals surface area contributed by atoms with E-state index in [1.54, 1.807) is 18.3 Å². The first-order valence-electron chi connectivity index (χ1n) is 8.76. The number of carbonyl (C=O) groups is 1. The molecule has 2 aliphatic rings. The average Bonchev–Trinajstić information content (AvgIpc) is 3.23. The second-order valence-corrected chi connectivity index (χ2v) is 7.74. The van der Waals surface area contributed by atoms with Gasteiger partial charge < -0.3 is 19.9 Å². The summed E-state index contributed by atoms with van der Waals surface area (Å²) in [5.41, 5.74) is 0.958. The summed E-state index contributed by atoms with van der Waals surface area (Å²) in [4.78, 5) is 20.1. The minimum absolute atomic E-state index is 0.137. The monoisotopic (exact) mass is 370 g/mol. The first-order valence-corrected chi connectivity index (χ1v) is 9.57. The van der Waals surface area contributed by atoms with Crippen LogP contribution in [0.25, 0.3) is 10.2 Å². The molecule has 0 radical (unpaired) electrons. The molecule has 26 heavy (non-hydrogen) atoms. The van der Waals surface area contributed by atoms with E-state index in [1.165, 1.54) is 0 Å². The highest BCUT2D eigenvalue weighted by Gasteiger charge is 2.24. The fraction of sp³-hybridized carbons (Fsp3) is 0.368. The van der Waals surface area contributed by atoms with Crippen LogP contribution in [0.2, 0.25) is 0 Å². The van der Waals surface area contributed by atoms with Gasteiger partial charge in [-0.1, -0.05) is 11.3 Å². The maximum atomic E-state index is 11.5. The zero-order chi connectivity index (χ0) is 18.1. The molecular formula is C19H22N4O2S. The Morgan fingerprint density at radius 3 is 3.04 bits per heavy atom. The van der Waals surface area contributed by atoms with Crippen molar-refractivity contribution in [1.82, 2.24) is 14.8 Å². The van der Waals surface area contributed by atoms with Crippen molar-refractivity contribution >= 4 is 32.6 Å². The number of aromatic nitrogens is 1. The highest BCUT2D eigenvalue weighted by molar-refractivity contribution is 7.22. The summed E-state index contributed by atoms with van der Waals surface area (Å²) < 4.78 is 7.04. The molecule has 1 aromatic heterocycles. The van der Waals surface area contributed by atoms with Gasteiger partial charge in [-0.2, -0.15) is 0 Å². The molecule has 136 valence electrons. The Kier molecular flexibility index (Phi) is 4.55. The number of ether oxygens (including phenoxy) is 1. The van der Waals surface area contributed by atoms with Crippen LogP contribution in [0.15, 0.2) is 42.3 Å². The first-order chi connectivity index (χ1) is 12.6. The molecule has 0 bridgehead atoms. The molecule has 7 heteroatoms. The van der Waals surface area contributed by atoms with Gasteiger partial charge in [0, 0.05) is 51.9 Å². The molecule has 0 spiro atoms. The van der Waals surface area contributed by atoms with Crippen molar-refractivity contribution in [2.45, 2.75) is 19.4 Å². The number of benzene rings is 1. The molecule has 3 heterocycles. The number of allylic oxidation sites excluding steroid dienone is 1. The van der Waals surface area contributed by atoms with Crippen LogP contribution in [0, 0.1) is 0 Å². The van der Waals surface area contributed by atoms with E-state index in [1.807, 2.05) is 42.4 Å². The van der Waals surface area contributed by atoms with E-state index in [0.29, 0.717) is 0 Å². The van der Waals surface area contributed by atoms with Crippen molar-refractivity contribution in [2.24, 2.45) is 0 Å². The molecule has 0 saturated carbocycles. The normalized spacial score (nSPS) is 19.8. The van der Waals surface area contributed by atoms with E-state index in [2.05, 4.69) is 21.3 Å². The lowest BCUT2D eigenvalue weighted by molar-refractivity contribution is -0.127. The predicted octanol–water partition coefficient (Wildman–Crippen LogP) is 3.05. The average molecular weight is 370 g/mol. The summed E-state index contributed by atoms with van der Waals surface area (Å²) in [6.45, 7) is 4.03. The Labute approximate surface area is 156 Å². The Morgan fingerprint density at radius 1 is 1.42 bits per heavy atom. The minimum atomic E-state index is 0.137. The molecule has 1 amide bonds. The Morgan fingerprint density at radius 2 is 2.31 bits per heavy atom. The van der Waals surface area contributed by atoms with Crippen LogP contribution in [0.1, 0.15) is 13.3 Å². The van der Waals surface area contributed by atoms with E-state index < -0.39 is 0 Å².